The number of benzene rings is 1. The number of para-hydroxylation sites is 1. The maximum absolute atomic E-state index is 12.0. The summed E-state index contributed by atoms with van der Waals surface area (Å²) in [6, 6.07) is 7.10. The van der Waals surface area contributed by atoms with Crippen LogP contribution in [0.5, 0.6) is 0 Å². The number of rotatable bonds is 9. The summed E-state index contributed by atoms with van der Waals surface area (Å²) in [5.74, 6) is -0.855. The van der Waals surface area contributed by atoms with Crippen molar-refractivity contribution in [1.29, 1.82) is 0 Å². The van der Waals surface area contributed by atoms with Crippen molar-refractivity contribution in [2.75, 3.05) is 6.54 Å². The fourth-order valence-corrected chi connectivity index (χ4v) is 2.84. The van der Waals surface area contributed by atoms with Gasteiger partial charge < -0.3 is 15.4 Å². The minimum Gasteiger partial charge on any atom is -0.481 e. The molecule has 0 aliphatic carbocycles. The number of nitrogens with zero attached hydrogens (tertiary/aromatic N) is 1. The summed E-state index contributed by atoms with van der Waals surface area (Å²) < 4.78 is 0. The third-order valence-electron chi connectivity index (χ3n) is 4.13. The quantitative estimate of drug-likeness (QED) is 0.635. The lowest BCUT2D eigenvalue weighted by Gasteiger charge is -2.15. The van der Waals surface area contributed by atoms with Crippen LogP contribution in [0, 0.1) is 11.8 Å². The molecule has 1 atom stereocenters. The second kappa shape index (κ2) is 9.12. The molecule has 0 radical (unpaired) electrons. The summed E-state index contributed by atoms with van der Waals surface area (Å²) in [6.45, 7) is 4.04. The van der Waals surface area contributed by atoms with Gasteiger partial charge in [-0.3, -0.25) is 14.4 Å². The monoisotopic (exact) mass is 359 g/mol. The molecule has 1 aromatic heterocycles. The van der Waals surface area contributed by atoms with Crippen molar-refractivity contribution < 1.29 is 14.7 Å². The summed E-state index contributed by atoms with van der Waals surface area (Å²) in [7, 11) is 0. The molecule has 0 spiro atoms. The highest BCUT2D eigenvalue weighted by Crippen LogP contribution is 2.11. The Hall–Kier alpha value is -2.70. The molecular formula is C19H25N3O4. The zero-order valence-electron chi connectivity index (χ0n) is 15.1. The van der Waals surface area contributed by atoms with Gasteiger partial charge in [-0.2, -0.15) is 0 Å². The number of hydrogen-bond acceptors (Lipinski definition) is 4. The first-order valence-corrected chi connectivity index (χ1v) is 8.84. The van der Waals surface area contributed by atoms with Crippen LogP contribution in [0.15, 0.2) is 29.1 Å². The van der Waals surface area contributed by atoms with E-state index in [4.69, 9.17) is 0 Å². The van der Waals surface area contributed by atoms with Crippen molar-refractivity contribution in [1.82, 2.24) is 15.3 Å². The van der Waals surface area contributed by atoms with E-state index in [1.54, 1.807) is 18.2 Å². The standard InChI is InChI=1S/C19H25N3O4/c1-12(2)10-13(19(25)26)11-20-17(23)9-5-8-16-21-15-7-4-3-6-14(15)18(24)22-16/h3-4,6-7,12-13H,5,8-11H2,1-2H3,(H,20,23)(H,25,26)(H,21,22,24). The van der Waals surface area contributed by atoms with E-state index in [9.17, 15) is 19.5 Å². The number of aliphatic carboxylic acids is 1. The predicted molar refractivity (Wildman–Crippen MR) is 98.9 cm³/mol. The van der Waals surface area contributed by atoms with Crippen molar-refractivity contribution in [2.45, 2.75) is 39.5 Å². The number of carbonyl (C=O) groups is 2. The minimum absolute atomic E-state index is 0.136. The molecule has 0 aliphatic rings. The molecule has 2 rings (SSSR count). The Bertz CT molecular complexity index is 829. The van der Waals surface area contributed by atoms with Gasteiger partial charge in [0.25, 0.3) is 5.56 Å². The number of nitrogens with one attached hydrogen (secondary N) is 2. The molecule has 0 saturated heterocycles. The molecule has 3 N–H and O–H groups in total. The molecule has 7 nitrogen and oxygen atoms in total. The third kappa shape index (κ3) is 5.68. The average molecular weight is 359 g/mol. The van der Waals surface area contributed by atoms with Gasteiger partial charge in [-0.1, -0.05) is 26.0 Å². The van der Waals surface area contributed by atoms with E-state index >= 15 is 0 Å². The Morgan fingerprint density at radius 1 is 1.27 bits per heavy atom. The Morgan fingerprint density at radius 2 is 2.00 bits per heavy atom. The number of aryl methyl sites for hydroxylation is 1. The number of carboxylic acid groups (broad SMARTS) is 1. The maximum atomic E-state index is 12.0. The van der Waals surface area contributed by atoms with Crippen molar-refractivity contribution in [3.05, 3.63) is 40.4 Å². The predicted octanol–water partition coefficient (Wildman–Crippen LogP) is 2.11. The molecule has 1 amide bonds. The minimum atomic E-state index is -0.892. The third-order valence-corrected chi connectivity index (χ3v) is 4.13. The molecule has 0 aliphatic heterocycles. The zero-order valence-corrected chi connectivity index (χ0v) is 15.1. The topological polar surface area (TPSA) is 112 Å². The fourth-order valence-electron chi connectivity index (χ4n) is 2.84. The lowest BCUT2D eigenvalue weighted by molar-refractivity contribution is -0.142. The highest BCUT2D eigenvalue weighted by Gasteiger charge is 2.19. The van der Waals surface area contributed by atoms with Crippen LogP contribution in [0.3, 0.4) is 0 Å². The van der Waals surface area contributed by atoms with Crippen molar-refractivity contribution in [3.8, 4) is 0 Å². The normalized spacial score (nSPS) is 12.3. The van der Waals surface area contributed by atoms with E-state index in [0.717, 1.165) is 0 Å². The number of hydrogen-bond donors (Lipinski definition) is 3. The number of carbonyl (C=O) groups excluding carboxylic acids is 1. The first kappa shape index (κ1) is 19.6. The molecule has 1 heterocycles. The van der Waals surface area contributed by atoms with Gasteiger partial charge in [0.2, 0.25) is 5.91 Å². The number of amides is 1. The van der Waals surface area contributed by atoms with Crippen LogP contribution in [-0.4, -0.2) is 33.5 Å². The summed E-state index contributed by atoms with van der Waals surface area (Å²) in [4.78, 5) is 42.2. The second-order valence-electron chi connectivity index (χ2n) is 6.85. The van der Waals surface area contributed by atoms with E-state index in [-0.39, 0.29) is 30.3 Å². The van der Waals surface area contributed by atoms with Crippen molar-refractivity contribution in [3.63, 3.8) is 0 Å². The maximum Gasteiger partial charge on any atom is 0.308 e. The van der Waals surface area contributed by atoms with E-state index in [1.807, 2.05) is 19.9 Å². The van der Waals surface area contributed by atoms with E-state index in [1.165, 1.54) is 0 Å². The van der Waals surface area contributed by atoms with Crippen LogP contribution >= 0.6 is 0 Å². The van der Waals surface area contributed by atoms with Gasteiger partial charge in [-0.05, 0) is 30.9 Å². The average Bonchev–Trinajstić information content (AvgIpc) is 2.58. The van der Waals surface area contributed by atoms with E-state index < -0.39 is 11.9 Å². The first-order valence-electron chi connectivity index (χ1n) is 8.84. The van der Waals surface area contributed by atoms with Gasteiger partial charge in [0.05, 0.1) is 16.8 Å². The van der Waals surface area contributed by atoms with Crippen LogP contribution in [-0.2, 0) is 16.0 Å². The fraction of sp³-hybridized carbons (Fsp3) is 0.474. The molecule has 1 unspecified atom stereocenters. The van der Waals surface area contributed by atoms with Gasteiger partial charge in [0.15, 0.2) is 0 Å². The zero-order chi connectivity index (χ0) is 19.1. The smallest absolute Gasteiger partial charge is 0.308 e. The molecule has 2 aromatic rings. The first-order chi connectivity index (χ1) is 12.4. The van der Waals surface area contributed by atoms with Gasteiger partial charge in [-0.25, -0.2) is 4.98 Å². The molecule has 7 heteroatoms. The molecule has 140 valence electrons. The molecule has 26 heavy (non-hydrogen) atoms. The second-order valence-corrected chi connectivity index (χ2v) is 6.85. The van der Waals surface area contributed by atoms with E-state index in [2.05, 4.69) is 15.3 Å². The molecule has 0 bridgehead atoms. The van der Waals surface area contributed by atoms with Crippen LogP contribution in [0.1, 0.15) is 38.9 Å². The largest absolute Gasteiger partial charge is 0.481 e. The van der Waals surface area contributed by atoms with Crippen LogP contribution in [0.2, 0.25) is 0 Å². The Balaban J connectivity index is 1.83. The SMILES string of the molecule is CC(C)CC(CNC(=O)CCCc1nc2ccccc2c(=O)[nH]1)C(=O)O. The van der Waals surface area contributed by atoms with Crippen molar-refractivity contribution in [2.24, 2.45) is 11.8 Å². The summed E-state index contributed by atoms with van der Waals surface area (Å²) in [5.41, 5.74) is 0.446. The Morgan fingerprint density at radius 3 is 2.69 bits per heavy atom. The number of carboxylic acids is 1. The number of H-pyrrole nitrogens is 1. The highest BCUT2D eigenvalue weighted by atomic mass is 16.4. The van der Waals surface area contributed by atoms with Gasteiger partial charge in [0, 0.05) is 19.4 Å². The highest BCUT2D eigenvalue weighted by molar-refractivity contribution is 5.78. The van der Waals surface area contributed by atoms with Gasteiger partial charge in [-0.15, -0.1) is 0 Å². The number of fused-ring (bicyclic) bond motifs is 1. The van der Waals surface area contributed by atoms with Crippen molar-refractivity contribution >= 4 is 22.8 Å². The lowest BCUT2D eigenvalue weighted by Crippen LogP contribution is -2.33. The molecule has 0 saturated carbocycles. The Labute approximate surface area is 151 Å². The van der Waals surface area contributed by atoms with Crippen LogP contribution in [0.4, 0.5) is 0 Å². The van der Waals surface area contributed by atoms with E-state index in [0.29, 0.717) is 36.0 Å². The van der Waals surface area contributed by atoms with Crippen LogP contribution < -0.4 is 10.9 Å². The lowest BCUT2D eigenvalue weighted by atomic mass is 9.97. The Kier molecular flexibility index (Phi) is 6.89. The summed E-state index contributed by atoms with van der Waals surface area (Å²) in [6.07, 6.45) is 1.78. The molecule has 1 aromatic carbocycles. The number of aromatic nitrogens is 2. The number of aromatic amines is 1. The molecule has 0 fully saturated rings. The summed E-state index contributed by atoms with van der Waals surface area (Å²) >= 11 is 0. The summed E-state index contributed by atoms with van der Waals surface area (Å²) in [5, 5.41) is 12.4. The van der Waals surface area contributed by atoms with Gasteiger partial charge >= 0.3 is 5.97 Å². The van der Waals surface area contributed by atoms with Gasteiger partial charge in [0.1, 0.15) is 5.82 Å². The molecular weight excluding hydrogens is 334 g/mol. The van der Waals surface area contributed by atoms with Crippen LogP contribution in [0.25, 0.3) is 10.9 Å².